The maximum atomic E-state index is 12.6. The number of nitrogens with one attached hydrogen (secondary N) is 1. The average molecular weight is 475 g/mol. The number of unbranched alkanes of at least 4 members (excludes halogenated alkanes) is 1. The lowest BCUT2D eigenvalue weighted by Gasteiger charge is -2.10. The number of esters is 1. The zero-order chi connectivity index (χ0) is 24.0. The zero-order valence-corrected chi connectivity index (χ0v) is 19.2. The van der Waals surface area contributed by atoms with Crippen LogP contribution < -0.4 is 10.5 Å². The predicted molar refractivity (Wildman–Crippen MR) is 122 cm³/mol. The molecule has 3 aromatic rings. The van der Waals surface area contributed by atoms with Gasteiger partial charge in [-0.2, -0.15) is 0 Å². The molecule has 176 valence electrons. The third-order valence-electron chi connectivity index (χ3n) is 4.82. The number of hydrogen-bond donors (Lipinski definition) is 2. The largest absolute Gasteiger partial charge is 0.454 e. The first kappa shape index (κ1) is 24.2. The van der Waals surface area contributed by atoms with Gasteiger partial charge in [0.2, 0.25) is 10.0 Å². The zero-order valence-electron chi connectivity index (χ0n) is 18.4. The first-order valence-corrected chi connectivity index (χ1v) is 12.0. The molecule has 0 saturated carbocycles. The Morgan fingerprint density at radius 1 is 1.12 bits per heavy atom. The molecule has 0 aliphatic carbocycles. The molecule has 0 fully saturated rings. The van der Waals surface area contributed by atoms with Crippen molar-refractivity contribution < 1.29 is 27.5 Å². The predicted octanol–water partition coefficient (Wildman–Crippen LogP) is 3.41. The van der Waals surface area contributed by atoms with Gasteiger partial charge in [-0.05, 0) is 49.7 Å². The molecule has 1 amide bonds. The van der Waals surface area contributed by atoms with Gasteiger partial charge in [-0.15, -0.1) is 0 Å². The maximum absolute atomic E-state index is 12.6. The van der Waals surface area contributed by atoms with Crippen LogP contribution in [-0.2, 0) is 32.6 Å². The second-order valence-electron chi connectivity index (χ2n) is 7.23. The fourth-order valence-electron chi connectivity index (χ4n) is 3.23. The van der Waals surface area contributed by atoms with Crippen LogP contribution in [0.2, 0.25) is 0 Å². The van der Waals surface area contributed by atoms with Crippen molar-refractivity contribution in [1.82, 2.24) is 9.55 Å². The van der Waals surface area contributed by atoms with Gasteiger partial charge >= 0.3 is 12.1 Å². The van der Waals surface area contributed by atoms with E-state index in [2.05, 4.69) is 17.2 Å². The SMILES string of the molecule is CCCCn1c(COC(=O)c2cccc(NC(=O)OCC)c2)nc2cc(S(N)(=O)=O)ccc21. The monoisotopic (exact) mass is 474 g/mol. The smallest absolute Gasteiger partial charge is 0.411 e. The van der Waals surface area contributed by atoms with E-state index in [0.717, 1.165) is 18.4 Å². The van der Waals surface area contributed by atoms with E-state index in [9.17, 15) is 18.0 Å². The minimum atomic E-state index is -3.87. The molecule has 0 radical (unpaired) electrons. The number of sulfonamides is 1. The van der Waals surface area contributed by atoms with Crippen LogP contribution in [0.3, 0.4) is 0 Å². The van der Waals surface area contributed by atoms with E-state index in [1.165, 1.54) is 18.2 Å². The van der Waals surface area contributed by atoms with Crippen molar-refractivity contribution in [3.8, 4) is 0 Å². The van der Waals surface area contributed by atoms with Gasteiger partial charge in [0, 0.05) is 12.2 Å². The topological polar surface area (TPSA) is 143 Å². The molecule has 11 heteroatoms. The molecule has 0 atom stereocenters. The highest BCUT2D eigenvalue weighted by molar-refractivity contribution is 7.89. The van der Waals surface area contributed by atoms with Crippen LogP contribution in [0.1, 0.15) is 42.9 Å². The summed E-state index contributed by atoms with van der Waals surface area (Å²) in [6.45, 7) is 4.49. The molecule has 3 rings (SSSR count). The van der Waals surface area contributed by atoms with E-state index >= 15 is 0 Å². The first-order valence-electron chi connectivity index (χ1n) is 10.5. The number of ether oxygens (including phenoxy) is 2. The Balaban J connectivity index is 1.81. The van der Waals surface area contributed by atoms with Gasteiger partial charge in [-0.3, -0.25) is 5.32 Å². The lowest BCUT2D eigenvalue weighted by molar-refractivity contribution is 0.0458. The number of aromatic nitrogens is 2. The summed E-state index contributed by atoms with van der Waals surface area (Å²) in [6.07, 6.45) is 1.19. The van der Waals surface area contributed by atoms with Crippen molar-refractivity contribution in [2.24, 2.45) is 5.14 Å². The second kappa shape index (κ2) is 10.5. The van der Waals surface area contributed by atoms with E-state index in [1.807, 2.05) is 4.57 Å². The van der Waals surface area contributed by atoms with Gasteiger partial charge in [0.1, 0.15) is 12.4 Å². The number of fused-ring (bicyclic) bond motifs is 1. The summed E-state index contributed by atoms with van der Waals surface area (Å²) in [7, 11) is -3.87. The standard InChI is InChI=1S/C22H26N4O6S/c1-3-5-11-26-19-10-9-17(33(23,29)30)13-18(19)25-20(26)14-32-21(27)15-7-6-8-16(12-15)24-22(28)31-4-2/h6-10,12-13H,3-5,11,14H2,1-2H3,(H,24,28)(H2,23,29,30). The van der Waals surface area contributed by atoms with Gasteiger partial charge in [-0.25, -0.2) is 28.1 Å². The van der Waals surface area contributed by atoms with Crippen molar-refractivity contribution >= 4 is 38.8 Å². The minimum Gasteiger partial charge on any atom is -0.454 e. The van der Waals surface area contributed by atoms with Crippen LogP contribution >= 0.6 is 0 Å². The van der Waals surface area contributed by atoms with Crippen LogP contribution in [0.5, 0.6) is 0 Å². The second-order valence-corrected chi connectivity index (χ2v) is 8.79. The third kappa shape index (κ3) is 6.08. The fraction of sp³-hybridized carbons (Fsp3) is 0.318. The molecule has 33 heavy (non-hydrogen) atoms. The van der Waals surface area contributed by atoms with Gasteiger partial charge in [-0.1, -0.05) is 19.4 Å². The first-order chi connectivity index (χ1) is 15.7. The Labute approximate surface area is 191 Å². The number of imidazole rings is 1. The molecule has 2 aromatic carbocycles. The quantitative estimate of drug-likeness (QED) is 0.452. The van der Waals surface area contributed by atoms with E-state index in [-0.39, 0.29) is 23.7 Å². The molecule has 0 aliphatic rings. The summed E-state index contributed by atoms with van der Waals surface area (Å²) in [5.41, 5.74) is 1.82. The molecule has 0 saturated heterocycles. The number of primary sulfonamides is 1. The normalized spacial score (nSPS) is 11.4. The van der Waals surface area contributed by atoms with Gasteiger partial charge in [0.15, 0.2) is 0 Å². The Morgan fingerprint density at radius 3 is 2.61 bits per heavy atom. The number of anilines is 1. The number of nitrogens with zero attached hydrogens (tertiary/aromatic N) is 2. The maximum Gasteiger partial charge on any atom is 0.411 e. The molecule has 0 aliphatic heterocycles. The van der Waals surface area contributed by atoms with Crippen molar-refractivity contribution in [2.75, 3.05) is 11.9 Å². The van der Waals surface area contributed by atoms with E-state index < -0.39 is 22.1 Å². The lowest BCUT2D eigenvalue weighted by atomic mass is 10.2. The van der Waals surface area contributed by atoms with Crippen LogP contribution in [0, 0.1) is 0 Å². The summed E-state index contributed by atoms with van der Waals surface area (Å²) < 4.78 is 35.6. The molecule has 3 N–H and O–H groups in total. The van der Waals surface area contributed by atoms with Crippen molar-refractivity contribution in [1.29, 1.82) is 0 Å². The highest BCUT2D eigenvalue weighted by Crippen LogP contribution is 2.22. The van der Waals surface area contributed by atoms with Gasteiger partial charge in [0.25, 0.3) is 0 Å². The Kier molecular flexibility index (Phi) is 7.67. The molecule has 1 aromatic heterocycles. The van der Waals surface area contributed by atoms with Crippen LogP contribution in [0.4, 0.5) is 10.5 Å². The number of benzene rings is 2. The molecule has 0 spiro atoms. The number of hydrogen-bond acceptors (Lipinski definition) is 7. The number of rotatable bonds is 9. The summed E-state index contributed by atoms with van der Waals surface area (Å²) >= 11 is 0. The van der Waals surface area contributed by atoms with E-state index in [1.54, 1.807) is 31.2 Å². The van der Waals surface area contributed by atoms with Crippen molar-refractivity contribution in [3.05, 3.63) is 53.9 Å². The molecule has 0 bridgehead atoms. The lowest BCUT2D eigenvalue weighted by Crippen LogP contribution is -2.14. The van der Waals surface area contributed by atoms with E-state index in [4.69, 9.17) is 14.6 Å². The molecular weight excluding hydrogens is 448 g/mol. The number of carbonyl (C=O) groups excluding carboxylic acids is 2. The number of nitrogens with two attached hydrogens (primary N) is 1. The van der Waals surface area contributed by atoms with Crippen LogP contribution in [0.15, 0.2) is 47.4 Å². The molecular formula is C22H26N4O6S. The minimum absolute atomic E-state index is 0.0374. The average Bonchev–Trinajstić information content (AvgIpc) is 3.12. The van der Waals surface area contributed by atoms with Gasteiger partial charge < -0.3 is 14.0 Å². The van der Waals surface area contributed by atoms with Crippen LogP contribution in [-0.4, -0.2) is 36.6 Å². The Hall–Kier alpha value is -3.44. The fourth-order valence-corrected chi connectivity index (χ4v) is 3.77. The molecule has 1 heterocycles. The number of amides is 1. The van der Waals surface area contributed by atoms with Crippen LogP contribution in [0.25, 0.3) is 11.0 Å². The Morgan fingerprint density at radius 2 is 1.91 bits per heavy atom. The van der Waals surface area contributed by atoms with Gasteiger partial charge in [0.05, 0.1) is 28.1 Å². The van der Waals surface area contributed by atoms with E-state index in [0.29, 0.717) is 23.6 Å². The highest BCUT2D eigenvalue weighted by Gasteiger charge is 2.17. The van der Waals surface area contributed by atoms with Crippen molar-refractivity contribution in [2.45, 2.75) is 44.7 Å². The molecule has 10 nitrogen and oxygen atoms in total. The van der Waals surface area contributed by atoms with Crippen molar-refractivity contribution in [3.63, 3.8) is 0 Å². The number of carbonyl (C=O) groups is 2. The summed E-state index contributed by atoms with van der Waals surface area (Å²) in [6, 6.07) is 10.8. The third-order valence-corrected chi connectivity index (χ3v) is 5.73. The summed E-state index contributed by atoms with van der Waals surface area (Å²) in [5, 5.41) is 7.76. The highest BCUT2D eigenvalue weighted by atomic mass is 32.2. The molecule has 0 unspecified atom stereocenters. The Bertz CT molecular complexity index is 1270. The summed E-state index contributed by atoms with van der Waals surface area (Å²) in [4.78, 5) is 28.6. The summed E-state index contributed by atoms with van der Waals surface area (Å²) in [5.74, 6) is -0.110. The number of aryl methyl sites for hydroxylation is 1.